The Balaban J connectivity index is 1.52. The Hall–Kier alpha value is -3.05. The monoisotopic (exact) mass is 548 g/mol. The van der Waals surface area contributed by atoms with Crippen molar-refractivity contribution in [3.63, 3.8) is 0 Å². The summed E-state index contributed by atoms with van der Waals surface area (Å²) in [5.74, 6) is -0.462. The summed E-state index contributed by atoms with van der Waals surface area (Å²) in [5.41, 5.74) is 0.0197. The molecule has 0 bridgehead atoms. The van der Waals surface area contributed by atoms with Crippen molar-refractivity contribution in [2.24, 2.45) is 17.8 Å². The first-order valence-corrected chi connectivity index (χ1v) is 13.3. The number of anilines is 2. The van der Waals surface area contributed by atoms with Crippen molar-refractivity contribution >= 4 is 28.9 Å². The fraction of sp³-hybridized carbons (Fsp3) is 0.481. The zero-order valence-electron chi connectivity index (χ0n) is 21.7. The van der Waals surface area contributed by atoms with E-state index in [9.17, 15) is 23.1 Å². The van der Waals surface area contributed by atoms with Crippen molar-refractivity contribution in [2.75, 3.05) is 11.9 Å². The molecule has 1 aliphatic rings. The van der Waals surface area contributed by atoms with Gasteiger partial charge in [-0.05, 0) is 81.2 Å². The highest BCUT2D eigenvalue weighted by Crippen LogP contribution is 2.45. The van der Waals surface area contributed by atoms with E-state index >= 15 is 0 Å². The van der Waals surface area contributed by atoms with E-state index in [0.29, 0.717) is 36.6 Å². The van der Waals surface area contributed by atoms with Crippen LogP contribution in [0.2, 0.25) is 0 Å². The van der Waals surface area contributed by atoms with Crippen LogP contribution in [0.25, 0.3) is 10.4 Å². The number of aromatic nitrogens is 3. The largest absolute Gasteiger partial charge is 0.466 e. The Kier molecular flexibility index (Phi) is 8.08. The number of esters is 1. The van der Waals surface area contributed by atoms with E-state index in [1.165, 1.54) is 11.3 Å². The zero-order chi connectivity index (χ0) is 27.7. The maximum Gasteiger partial charge on any atom is 0.433 e. The first-order valence-electron chi connectivity index (χ1n) is 12.5. The van der Waals surface area contributed by atoms with Crippen LogP contribution in [0, 0.1) is 24.7 Å². The number of thiazole rings is 1. The lowest BCUT2D eigenvalue weighted by Crippen LogP contribution is -2.39. The second-order valence-electron chi connectivity index (χ2n) is 10.00. The lowest BCUT2D eigenvalue weighted by atomic mass is 9.69. The maximum atomic E-state index is 13.0. The number of rotatable bonds is 7. The molecule has 3 aromatic rings. The van der Waals surface area contributed by atoms with E-state index in [1.807, 2.05) is 19.9 Å². The summed E-state index contributed by atoms with van der Waals surface area (Å²) >= 11 is 1.37. The second kappa shape index (κ2) is 11.0. The summed E-state index contributed by atoms with van der Waals surface area (Å²) < 4.78 is 44.3. The molecule has 0 saturated heterocycles. The molecule has 0 amide bonds. The maximum absolute atomic E-state index is 13.0. The van der Waals surface area contributed by atoms with Gasteiger partial charge >= 0.3 is 12.1 Å². The Bertz CT molecular complexity index is 1290. The van der Waals surface area contributed by atoms with Gasteiger partial charge in [0.15, 0.2) is 0 Å². The molecule has 1 aliphatic carbocycles. The van der Waals surface area contributed by atoms with Crippen LogP contribution in [0.4, 0.5) is 24.8 Å². The highest BCUT2D eigenvalue weighted by molar-refractivity contribution is 7.15. The van der Waals surface area contributed by atoms with Crippen LogP contribution in [0.5, 0.6) is 0 Å². The summed E-state index contributed by atoms with van der Waals surface area (Å²) in [5, 5.41) is 15.0. The van der Waals surface area contributed by atoms with Crippen LogP contribution in [-0.2, 0) is 21.3 Å². The lowest BCUT2D eigenvalue weighted by molar-refractivity contribution is -0.153. The minimum Gasteiger partial charge on any atom is -0.466 e. The van der Waals surface area contributed by atoms with Gasteiger partial charge in [0.05, 0.1) is 17.4 Å². The van der Waals surface area contributed by atoms with Crippen LogP contribution >= 0.6 is 11.3 Å². The van der Waals surface area contributed by atoms with Gasteiger partial charge in [-0.1, -0.05) is 13.0 Å². The number of halogens is 3. The lowest BCUT2D eigenvalue weighted by Gasteiger charge is -2.39. The molecule has 11 heteroatoms. The number of nitrogens with zero attached hydrogens (tertiary/aromatic N) is 3. The number of carbonyl (C=O) groups excluding carboxylic acids is 1. The van der Waals surface area contributed by atoms with Gasteiger partial charge in [0.1, 0.15) is 16.3 Å². The quantitative estimate of drug-likeness (QED) is 0.326. The summed E-state index contributed by atoms with van der Waals surface area (Å²) in [7, 11) is 0. The molecule has 0 radical (unpaired) electrons. The third-order valence-electron chi connectivity index (χ3n) is 7.06. The molecule has 4 rings (SSSR count). The minimum atomic E-state index is -4.57. The van der Waals surface area contributed by atoms with E-state index in [4.69, 9.17) is 4.74 Å². The molecule has 7 nitrogen and oxygen atoms in total. The molecule has 2 aromatic heterocycles. The Morgan fingerprint density at radius 1 is 1.24 bits per heavy atom. The molecule has 2 N–H and O–H groups in total. The van der Waals surface area contributed by atoms with Gasteiger partial charge in [0, 0.05) is 18.1 Å². The van der Waals surface area contributed by atoms with Crippen molar-refractivity contribution < 1.29 is 27.8 Å². The van der Waals surface area contributed by atoms with E-state index < -0.39 is 17.5 Å². The molecule has 4 unspecified atom stereocenters. The Morgan fingerprint density at radius 2 is 2.00 bits per heavy atom. The van der Waals surface area contributed by atoms with Crippen molar-refractivity contribution in [3.05, 3.63) is 52.9 Å². The first kappa shape index (κ1) is 28.0. The number of aryl methyl sites for hydroxylation is 1. The van der Waals surface area contributed by atoms with Crippen molar-refractivity contribution in [1.82, 2.24) is 15.0 Å². The second-order valence-corrected chi connectivity index (χ2v) is 11.0. The number of hydrogen-bond donors (Lipinski definition) is 2. The molecule has 2 heterocycles. The van der Waals surface area contributed by atoms with Crippen LogP contribution < -0.4 is 5.32 Å². The summed E-state index contributed by atoms with van der Waals surface area (Å²) in [6.45, 7) is 7.82. The van der Waals surface area contributed by atoms with Gasteiger partial charge in [-0.25, -0.2) is 15.0 Å². The number of alkyl halides is 3. The summed E-state index contributed by atoms with van der Waals surface area (Å²) in [6.07, 6.45) is 0.216. The van der Waals surface area contributed by atoms with Crippen LogP contribution in [0.3, 0.4) is 0 Å². The molecule has 204 valence electrons. The molecule has 0 spiro atoms. The van der Waals surface area contributed by atoms with Gasteiger partial charge in [0.25, 0.3) is 0 Å². The average Bonchev–Trinajstić information content (AvgIpc) is 3.35. The topological polar surface area (TPSA) is 97.2 Å². The van der Waals surface area contributed by atoms with Crippen LogP contribution in [-0.4, -0.2) is 32.6 Å². The molecular weight excluding hydrogens is 517 g/mol. The highest BCUT2D eigenvalue weighted by atomic mass is 32.1. The van der Waals surface area contributed by atoms with E-state index in [2.05, 4.69) is 20.3 Å². The number of hydrogen-bond acceptors (Lipinski definition) is 8. The van der Waals surface area contributed by atoms with Gasteiger partial charge < -0.3 is 15.2 Å². The van der Waals surface area contributed by atoms with E-state index in [1.54, 1.807) is 32.2 Å². The minimum absolute atomic E-state index is 0.0602. The SMILES string of the molecule is CCOC(=O)C1CCC(C(C)(O)c2ncc(-c3cc(C)cc(Nc4nccc(C(F)(F)F)n4)c3)s2)CC1C. The zero-order valence-corrected chi connectivity index (χ0v) is 22.5. The summed E-state index contributed by atoms with van der Waals surface area (Å²) in [4.78, 5) is 25.1. The fourth-order valence-corrected chi connectivity index (χ4v) is 6.05. The van der Waals surface area contributed by atoms with Gasteiger partial charge in [0.2, 0.25) is 5.95 Å². The third kappa shape index (κ3) is 6.15. The summed E-state index contributed by atoms with van der Waals surface area (Å²) in [6, 6.07) is 6.34. The smallest absolute Gasteiger partial charge is 0.433 e. The molecule has 4 atom stereocenters. The van der Waals surface area contributed by atoms with E-state index in [0.717, 1.165) is 28.3 Å². The average molecular weight is 549 g/mol. The predicted molar refractivity (Wildman–Crippen MR) is 139 cm³/mol. The van der Waals surface area contributed by atoms with Crippen molar-refractivity contribution in [1.29, 1.82) is 0 Å². The molecule has 1 fully saturated rings. The highest BCUT2D eigenvalue weighted by Gasteiger charge is 2.43. The molecule has 38 heavy (non-hydrogen) atoms. The van der Waals surface area contributed by atoms with E-state index in [-0.39, 0.29) is 29.7 Å². The fourth-order valence-electron chi connectivity index (χ4n) is 5.03. The molecular formula is C27H31F3N4O3S. The third-order valence-corrected chi connectivity index (χ3v) is 8.33. The number of ether oxygens (including phenoxy) is 1. The number of nitrogens with one attached hydrogen (secondary N) is 1. The predicted octanol–water partition coefficient (Wildman–Crippen LogP) is 6.49. The normalized spacial score (nSPS) is 21.5. The van der Waals surface area contributed by atoms with Crippen LogP contribution in [0.1, 0.15) is 56.3 Å². The van der Waals surface area contributed by atoms with Gasteiger partial charge in [-0.2, -0.15) is 13.2 Å². The number of aliphatic hydroxyl groups is 1. The van der Waals surface area contributed by atoms with Crippen LogP contribution in [0.15, 0.2) is 36.7 Å². The standard InChI is InChI=1S/C27H31F3N4O3S/c1-5-37-23(35)20-7-6-18(12-16(20)3)26(4,36)24-32-14-21(38-24)17-10-15(2)11-19(13-17)33-25-31-9-8-22(34-25)27(28,29)30/h8-11,13-14,16,18,20,36H,5-7,12H2,1-4H3,(H,31,33,34). The number of benzene rings is 1. The Labute approximate surface area is 223 Å². The Morgan fingerprint density at radius 3 is 2.68 bits per heavy atom. The molecule has 1 aromatic carbocycles. The van der Waals surface area contributed by atoms with Gasteiger partial charge in [-0.3, -0.25) is 4.79 Å². The van der Waals surface area contributed by atoms with Crippen molar-refractivity contribution in [3.8, 4) is 10.4 Å². The number of carbonyl (C=O) groups is 1. The molecule has 1 saturated carbocycles. The van der Waals surface area contributed by atoms with Gasteiger partial charge in [-0.15, -0.1) is 11.3 Å². The van der Waals surface area contributed by atoms with Crippen molar-refractivity contribution in [2.45, 2.75) is 58.7 Å². The molecule has 0 aliphatic heterocycles. The first-order chi connectivity index (χ1) is 17.9.